The SMILES string of the molecule is COc1cccc(C(=O)NC2CCN(Cc3ccc4ccc(C(=O)NCC5CC5)cc4c3)CC2)c1. The lowest BCUT2D eigenvalue weighted by atomic mass is 10.0. The van der Waals surface area contributed by atoms with Gasteiger partial charge in [0.25, 0.3) is 11.8 Å². The molecule has 1 saturated heterocycles. The smallest absolute Gasteiger partial charge is 0.251 e. The molecule has 1 heterocycles. The first kappa shape index (κ1) is 23.4. The highest BCUT2D eigenvalue weighted by atomic mass is 16.5. The Morgan fingerprint density at radius 1 is 0.886 bits per heavy atom. The number of hydrogen-bond donors (Lipinski definition) is 2. The molecule has 0 spiro atoms. The van der Waals surface area contributed by atoms with Crippen molar-refractivity contribution in [1.29, 1.82) is 0 Å². The van der Waals surface area contributed by atoms with Crippen molar-refractivity contribution in [1.82, 2.24) is 15.5 Å². The molecule has 6 heteroatoms. The van der Waals surface area contributed by atoms with Crippen molar-refractivity contribution in [2.45, 2.75) is 38.3 Å². The van der Waals surface area contributed by atoms with Crippen LogP contribution in [0.15, 0.2) is 60.7 Å². The molecule has 1 saturated carbocycles. The van der Waals surface area contributed by atoms with E-state index >= 15 is 0 Å². The maximum absolute atomic E-state index is 12.6. The number of nitrogens with zero attached hydrogens (tertiary/aromatic N) is 1. The molecule has 0 atom stereocenters. The number of hydrogen-bond acceptors (Lipinski definition) is 4. The fraction of sp³-hybridized carbons (Fsp3) is 0.379. The van der Waals surface area contributed by atoms with Crippen LogP contribution in [0.5, 0.6) is 5.75 Å². The van der Waals surface area contributed by atoms with E-state index in [2.05, 4.69) is 33.7 Å². The van der Waals surface area contributed by atoms with Crippen LogP contribution in [0.1, 0.15) is 52.0 Å². The van der Waals surface area contributed by atoms with Crippen molar-refractivity contribution >= 4 is 22.6 Å². The van der Waals surface area contributed by atoms with Gasteiger partial charge in [-0.1, -0.05) is 24.3 Å². The number of benzene rings is 3. The molecule has 6 nitrogen and oxygen atoms in total. The predicted octanol–water partition coefficient (Wildman–Crippen LogP) is 4.38. The number of piperidine rings is 1. The van der Waals surface area contributed by atoms with Gasteiger partial charge in [-0.05, 0) is 84.3 Å². The van der Waals surface area contributed by atoms with Crippen molar-refractivity contribution in [2.75, 3.05) is 26.7 Å². The van der Waals surface area contributed by atoms with Gasteiger partial charge in [-0.2, -0.15) is 0 Å². The monoisotopic (exact) mass is 471 g/mol. The Morgan fingerprint density at radius 3 is 2.43 bits per heavy atom. The number of carbonyl (C=O) groups excluding carboxylic acids is 2. The summed E-state index contributed by atoms with van der Waals surface area (Å²) < 4.78 is 5.23. The molecule has 2 fully saturated rings. The van der Waals surface area contributed by atoms with Crippen LogP contribution in [0.4, 0.5) is 0 Å². The highest BCUT2D eigenvalue weighted by Crippen LogP contribution is 2.28. The van der Waals surface area contributed by atoms with E-state index in [1.165, 1.54) is 18.4 Å². The Balaban J connectivity index is 1.15. The Kier molecular flexibility index (Phi) is 7.00. The lowest BCUT2D eigenvalue weighted by molar-refractivity contribution is 0.0907. The minimum Gasteiger partial charge on any atom is -0.497 e. The number of amides is 2. The highest BCUT2D eigenvalue weighted by molar-refractivity contribution is 5.98. The first-order valence-electron chi connectivity index (χ1n) is 12.6. The van der Waals surface area contributed by atoms with Crippen molar-refractivity contribution in [3.63, 3.8) is 0 Å². The summed E-state index contributed by atoms with van der Waals surface area (Å²) in [5.74, 6) is 1.33. The molecule has 0 unspecified atom stereocenters. The Bertz CT molecular complexity index is 1210. The molecule has 5 rings (SSSR count). The van der Waals surface area contributed by atoms with Crippen molar-refractivity contribution in [2.24, 2.45) is 5.92 Å². The van der Waals surface area contributed by atoms with Gasteiger partial charge in [0.1, 0.15) is 5.75 Å². The summed E-state index contributed by atoms with van der Waals surface area (Å²) in [4.78, 5) is 27.6. The largest absolute Gasteiger partial charge is 0.497 e. The first-order chi connectivity index (χ1) is 17.1. The molecule has 0 bridgehead atoms. The van der Waals surface area contributed by atoms with Crippen molar-refractivity contribution < 1.29 is 14.3 Å². The van der Waals surface area contributed by atoms with Crippen LogP contribution in [0, 0.1) is 5.92 Å². The van der Waals surface area contributed by atoms with Gasteiger partial charge in [0, 0.05) is 43.3 Å². The average Bonchev–Trinajstić information content (AvgIpc) is 3.72. The second kappa shape index (κ2) is 10.5. The Morgan fingerprint density at radius 2 is 1.66 bits per heavy atom. The Labute approximate surface area is 206 Å². The van der Waals surface area contributed by atoms with E-state index < -0.39 is 0 Å². The van der Waals surface area contributed by atoms with Gasteiger partial charge in [0.15, 0.2) is 0 Å². The summed E-state index contributed by atoms with van der Waals surface area (Å²) in [7, 11) is 1.61. The molecule has 3 aromatic carbocycles. The number of ether oxygens (including phenoxy) is 1. The molecule has 182 valence electrons. The molecule has 3 aromatic rings. The third-order valence-electron chi connectivity index (χ3n) is 7.08. The zero-order valence-corrected chi connectivity index (χ0v) is 20.3. The quantitative estimate of drug-likeness (QED) is 0.512. The number of fused-ring (bicyclic) bond motifs is 1. The number of rotatable bonds is 8. The summed E-state index contributed by atoms with van der Waals surface area (Å²) >= 11 is 0. The number of nitrogens with one attached hydrogen (secondary N) is 2. The predicted molar refractivity (Wildman–Crippen MR) is 138 cm³/mol. The van der Waals surface area contributed by atoms with Crippen LogP contribution in [-0.2, 0) is 6.54 Å². The molecular formula is C29H33N3O3. The first-order valence-corrected chi connectivity index (χ1v) is 12.6. The van der Waals surface area contributed by atoms with Gasteiger partial charge < -0.3 is 15.4 Å². The van der Waals surface area contributed by atoms with Crippen LogP contribution < -0.4 is 15.4 Å². The van der Waals surface area contributed by atoms with E-state index in [1.54, 1.807) is 13.2 Å². The van der Waals surface area contributed by atoms with Gasteiger partial charge >= 0.3 is 0 Å². The van der Waals surface area contributed by atoms with E-state index in [9.17, 15) is 9.59 Å². The van der Waals surface area contributed by atoms with Crippen molar-refractivity contribution in [3.05, 3.63) is 77.4 Å². The van der Waals surface area contributed by atoms with E-state index in [-0.39, 0.29) is 17.9 Å². The molecule has 2 aliphatic rings. The second-order valence-electron chi connectivity index (χ2n) is 9.81. The topological polar surface area (TPSA) is 70.7 Å². The van der Waals surface area contributed by atoms with E-state index in [4.69, 9.17) is 4.74 Å². The normalized spacial score (nSPS) is 16.7. The van der Waals surface area contributed by atoms with Crippen molar-refractivity contribution in [3.8, 4) is 5.75 Å². The average molecular weight is 472 g/mol. The van der Waals surface area contributed by atoms with Gasteiger partial charge in [-0.25, -0.2) is 0 Å². The number of likely N-dealkylation sites (tertiary alicyclic amines) is 1. The summed E-state index contributed by atoms with van der Waals surface area (Å²) in [6.07, 6.45) is 4.31. The minimum atomic E-state index is -0.0474. The number of methoxy groups -OCH3 is 1. The molecule has 35 heavy (non-hydrogen) atoms. The van der Waals surface area contributed by atoms with E-state index in [1.807, 2.05) is 36.4 Å². The fourth-order valence-corrected chi connectivity index (χ4v) is 4.72. The minimum absolute atomic E-state index is 0.0160. The van der Waals surface area contributed by atoms with Gasteiger partial charge in [0.2, 0.25) is 0 Å². The maximum atomic E-state index is 12.6. The van der Waals surface area contributed by atoms with Crippen LogP contribution in [0.25, 0.3) is 10.8 Å². The summed E-state index contributed by atoms with van der Waals surface area (Å²) in [5.41, 5.74) is 2.60. The summed E-state index contributed by atoms with van der Waals surface area (Å²) in [6, 6.07) is 19.9. The number of carbonyl (C=O) groups is 2. The molecule has 2 N–H and O–H groups in total. The lowest BCUT2D eigenvalue weighted by Gasteiger charge is -2.32. The van der Waals surface area contributed by atoms with E-state index in [0.717, 1.165) is 55.4 Å². The molecule has 1 aliphatic carbocycles. The lowest BCUT2D eigenvalue weighted by Crippen LogP contribution is -2.44. The Hall–Kier alpha value is -3.38. The third-order valence-corrected chi connectivity index (χ3v) is 7.08. The standard InChI is InChI=1S/C29H33N3O3/c1-35-27-4-2-3-23(17-27)29(34)31-26-11-13-32(14-12-26)19-21-7-8-22-9-10-24(16-25(22)15-21)28(33)30-18-20-5-6-20/h2-4,7-10,15-17,20,26H,5-6,11-14,18-19H2,1H3,(H,30,33)(H,31,34). The fourth-order valence-electron chi connectivity index (χ4n) is 4.72. The summed E-state index contributed by atoms with van der Waals surface area (Å²) in [6.45, 7) is 3.52. The summed E-state index contributed by atoms with van der Waals surface area (Å²) in [5, 5.41) is 8.47. The maximum Gasteiger partial charge on any atom is 0.251 e. The van der Waals surface area contributed by atoms with Gasteiger partial charge in [0.05, 0.1) is 7.11 Å². The molecule has 1 aliphatic heterocycles. The molecule has 0 radical (unpaired) electrons. The zero-order valence-electron chi connectivity index (χ0n) is 20.3. The van der Waals surface area contributed by atoms with Crippen LogP contribution in [0.3, 0.4) is 0 Å². The van der Waals surface area contributed by atoms with Gasteiger partial charge in [-0.3, -0.25) is 14.5 Å². The third kappa shape index (κ3) is 6.01. The highest BCUT2D eigenvalue weighted by Gasteiger charge is 2.23. The van der Waals surface area contributed by atoms with Crippen LogP contribution in [0.2, 0.25) is 0 Å². The molecular weight excluding hydrogens is 438 g/mol. The molecule has 0 aromatic heterocycles. The van der Waals surface area contributed by atoms with Crippen LogP contribution >= 0.6 is 0 Å². The van der Waals surface area contributed by atoms with E-state index in [0.29, 0.717) is 17.2 Å². The van der Waals surface area contributed by atoms with Gasteiger partial charge in [-0.15, -0.1) is 0 Å². The second-order valence-corrected chi connectivity index (χ2v) is 9.81. The van der Waals surface area contributed by atoms with Crippen LogP contribution in [-0.4, -0.2) is 49.5 Å². The molecule has 2 amide bonds. The zero-order chi connectivity index (χ0) is 24.2.